The van der Waals surface area contributed by atoms with E-state index >= 15 is 0 Å². The average molecular weight is 233 g/mol. The number of nitrogens with two attached hydrogens (primary N) is 1. The maximum Gasteiger partial charge on any atom is 0.197 e. The molecule has 3 N–H and O–H groups in total. The molecule has 6 heteroatoms. The highest BCUT2D eigenvalue weighted by atomic mass is 35.5. The highest BCUT2D eigenvalue weighted by Crippen LogP contribution is 2.14. The summed E-state index contributed by atoms with van der Waals surface area (Å²) in [5, 5.41) is 0. The van der Waals surface area contributed by atoms with Crippen LogP contribution in [0.1, 0.15) is 0 Å². The Morgan fingerprint density at radius 3 is 2.50 bits per heavy atom. The zero-order chi connectivity index (χ0) is 8.39. The molecule has 76 valence electrons. The topological polar surface area (TPSA) is 67.6 Å². The highest BCUT2D eigenvalue weighted by molar-refractivity contribution is 5.85. The predicted molar refractivity (Wildman–Crippen MR) is 60.7 cm³/mol. The lowest BCUT2D eigenvalue weighted by Gasteiger charge is -1.93. The Morgan fingerprint density at radius 1 is 1.21 bits per heavy atom. The Bertz CT molecular complexity index is 374. The van der Waals surface area contributed by atoms with Crippen molar-refractivity contribution in [3.8, 4) is 11.3 Å². The van der Waals surface area contributed by atoms with Crippen LogP contribution in [0.5, 0.6) is 0 Å². The van der Waals surface area contributed by atoms with Gasteiger partial charge in [0, 0.05) is 18.0 Å². The van der Waals surface area contributed by atoms with Gasteiger partial charge in [0.25, 0.3) is 0 Å². The van der Waals surface area contributed by atoms with E-state index in [1.807, 2.05) is 12.1 Å². The molecule has 0 saturated carbocycles. The summed E-state index contributed by atoms with van der Waals surface area (Å²) in [6.07, 6.45) is 5.17. The Morgan fingerprint density at radius 2 is 2.00 bits per heavy atom. The molecule has 0 spiro atoms. The molecular weight excluding hydrogens is 223 g/mol. The molecule has 0 aliphatic carbocycles. The molecular formula is C8H10Cl2N4. The summed E-state index contributed by atoms with van der Waals surface area (Å²) in [6, 6.07) is 3.81. The van der Waals surface area contributed by atoms with Gasteiger partial charge in [-0.05, 0) is 12.1 Å². The molecule has 2 aromatic rings. The first-order valence-corrected chi connectivity index (χ1v) is 3.57. The van der Waals surface area contributed by atoms with Crippen molar-refractivity contribution in [1.82, 2.24) is 15.0 Å². The number of rotatable bonds is 1. The van der Waals surface area contributed by atoms with Crippen LogP contribution < -0.4 is 5.73 Å². The van der Waals surface area contributed by atoms with Crippen LogP contribution in [-0.4, -0.2) is 15.0 Å². The second-order valence-electron chi connectivity index (χ2n) is 2.42. The van der Waals surface area contributed by atoms with E-state index in [1.165, 1.54) is 0 Å². The first kappa shape index (κ1) is 12.7. The Balaban J connectivity index is 0.000000845. The maximum absolute atomic E-state index is 5.43. The number of nitrogens with zero attached hydrogens (tertiary/aromatic N) is 2. The molecule has 0 atom stereocenters. The van der Waals surface area contributed by atoms with Crippen molar-refractivity contribution in [3.05, 3.63) is 30.7 Å². The van der Waals surface area contributed by atoms with Crippen molar-refractivity contribution >= 4 is 30.8 Å². The lowest BCUT2D eigenvalue weighted by atomic mass is 10.2. The lowest BCUT2D eigenvalue weighted by molar-refractivity contribution is 1.30. The second-order valence-corrected chi connectivity index (χ2v) is 2.42. The van der Waals surface area contributed by atoms with E-state index in [4.69, 9.17) is 5.73 Å². The Labute approximate surface area is 93.8 Å². The molecule has 0 aromatic carbocycles. The van der Waals surface area contributed by atoms with Crippen LogP contribution in [-0.2, 0) is 0 Å². The summed E-state index contributed by atoms with van der Waals surface area (Å²) in [4.78, 5) is 10.8. The van der Waals surface area contributed by atoms with Crippen molar-refractivity contribution in [2.24, 2.45) is 0 Å². The van der Waals surface area contributed by atoms with Gasteiger partial charge in [-0.2, -0.15) is 0 Å². The Kier molecular flexibility index (Phi) is 4.97. The van der Waals surface area contributed by atoms with Crippen molar-refractivity contribution < 1.29 is 0 Å². The molecule has 0 saturated heterocycles. The maximum atomic E-state index is 5.43. The molecule has 14 heavy (non-hydrogen) atoms. The molecule has 0 unspecified atom stereocenters. The van der Waals surface area contributed by atoms with Crippen LogP contribution in [0.15, 0.2) is 30.7 Å². The van der Waals surface area contributed by atoms with Gasteiger partial charge in [-0.25, -0.2) is 4.98 Å². The zero-order valence-electron chi connectivity index (χ0n) is 7.18. The smallest absolute Gasteiger partial charge is 0.197 e. The average Bonchev–Trinajstić information content (AvgIpc) is 2.54. The van der Waals surface area contributed by atoms with Crippen LogP contribution >= 0.6 is 24.8 Å². The van der Waals surface area contributed by atoms with Gasteiger partial charge in [-0.15, -0.1) is 24.8 Å². The van der Waals surface area contributed by atoms with Gasteiger partial charge in [-0.3, -0.25) is 4.98 Å². The fourth-order valence-electron chi connectivity index (χ4n) is 1.01. The molecule has 0 radical (unpaired) electrons. The van der Waals surface area contributed by atoms with Gasteiger partial charge in [0.1, 0.15) is 0 Å². The highest BCUT2D eigenvalue weighted by Gasteiger charge is 1.98. The van der Waals surface area contributed by atoms with E-state index in [-0.39, 0.29) is 24.8 Å². The summed E-state index contributed by atoms with van der Waals surface area (Å²) < 4.78 is 0. The van der Waals surface area contributed by atoms with Crippen LogP contribution in [0.3, 0.4) is 0 Å². The minimum atomic E-state index is 0. The van der Waals surface area contributed by atoms with Crippen molar-refractivity contribution in [1.29, 1.82) is 0 Å². The molecule has 0 fully saturated rings. The number of nitrogens with one attached hydrogen (secondary N) is 1. The molecule has 4 nitrogen and oxygen atoms in total. The number of imidazole rings is 1. The molecule has 0 aliphatic heterocycles. The van der Waals surface area contributed by atoms with Crippen LogP contribution in [0, 0.1) is 0 Å². The summed E-state index contributed by atoms with van der Waals surface area (Å²) in [5.74, 6) is 0.425. The third-order valence-electron chi connectivity index (χ3n) is 1.57. The van der Waals surface area contributed by atoms with E-state index in [1.54, 1.807) is 18.6 Å². The number of anilines is 1. The minimum Gasteiger partial charge on any atom is -0.369 e. The van der Waals surface area contributed by atoms with Gasteiger partial charge in [0.2, 0.25) is 0 Å². The number of H-pyrrole nitrogens is 1. The molecule has 0 amide bonds. The van der Waals surface area contributed by atoms with Crippen molar-refractivity contribution in [3.63, 3.8) is 0 Å². The summed E-state index contributed by atoms with van der Waals surface area (Å²) in [6.45, 7) is 0. The quantitative estimate of drug-likeness (QED) is 0.790. The van der Waals surface area contributed by atoms with E-state index in [2.05, 4.69) is 15.0 Å². The number of hydrogen-bond acceptors (Lipinski definition) is 3. The van der Waals surface area contributed by atoms with Crippen LogP contribution in [0.4, 0.5) is 5.95 Å². The normalized spacial score (nSPS) is 8.57. The largest absolute Gasteiger partial charge is 0.369 e. The van der Waals surface area contributed by atoms with Gasteiger partial charge in [0.05, 0.1) is 11.9 Å². The molecule has 2 heterocycles. The van der Waals surface area contributed by atoms with Crippen molar-refractivity contribution in [2.45, 2.75) is 0 Å². The fraction of sp³-hybridized carbons (Fsp3) is 0. The Hall–Kier alpha value is -1.26. The summed E-state index contributed by atoms with van der Waals surface area (Å²) >= 11 is 0. The first-order valence-electron chi connectivity index (χ1n) is 3.57. The van der Waals surface area contributed by atoms with Gasteiger partial charge >= 0.3 is 0 Å². The summed E-state index contributed by atoms with van der Waals surface area (Å²) in [5.41, 5.74) is 7.31. The standard InChI is InChI=1S/C8H8N4.2ClH/c9-8-11-5-7(12-8)6-2-1-3-10-4-6;;/h1-5H,(H3,9,11,12);2*1H. The van der Waals surface area contributed by atoms with Crippen LogP contribution in [0.25, 0.3) is 11.3 Å². The number of hydrogen-bond donors (Lipinski definition) is 2. The summed E-state index contributed by atoms with van der Waals surface area (Å²) in [7, 11) is 0. The SMILES string of the molecule is Cl.Cl.Nc1ncc(-c2cccnc2)[nH]1. The fourth-order valence-corrected chi connectivity index (χ4v) is 1.01. The number of aromatic nitrogens is 3. The molecule has 0 bridgehead atoms. The molecule has 0 aliphatic rings. The monoisotopic (exact) mass is 232 g/mol. The van der Waals surface area contributed by atoms with Gasteiger partial charge in [-0.1, -0.05) is 0 Å². The van der Waals surface area contributed by atoms with E-state index in [9.17, 15) is 0 Å². The van der Waals surface area contributed by atoms with Gasteiger partial charge in [0.15, 0.2) is 5.95 Å². The number of aromatic amines is 1. The minimum absolute atomic E-state index is 0. The lowest BCUT2D eigenvalue weighted by Crippen LogP contribution is -1.85. The van der Waals surface area contributed by atoms with Crippen LogP contribution in [0.2, 0.25) is 0 Å². The first-order chi connectivity index (χ1) is 5.86. The van der Waals surface area contributed by atoms with Crippen molar-refractivity contribution in [2.75, 3.05) is 5.73 Å². The van der Waals surface area contributed by atoms with E-state index in [0.29, 0.717) is 5.95 Å². The number of pyridine rings is 1. The third-order valence-corrected chi connectivity index (χ3v) is 1.57. The van der Waals surface area contributed by atoms with E-state index < -0.39 is 0 Å². The number of halogens is 2. The number of nitrogen functional groups attached to an aromatic ring is 1. The molecule has 2 rings (SSSR count). The zero-order valence-corrected chi connectivity index (χ0v) is 8.81. The third kappa shape index (κ3) is 2.61. The second kappa shape index (κ2) is 5.47. The van der Waals surface area contributed by atoms with Gasteiger partial charge < -0.3 is 10.7 Å². The molecule has 2 aromatic heterocycles. The van der Waals surface area contributed by atoms with E-state index in [0.717, 1.165) is 11.3 Å². The predicted octanol–water partition coefficient (Wildman–Crippen LogP) is 1.90.